The molecule has 0 saturated heterocycles. The Hall–Kier alpha value is -2.93. The minimum Gasteiger partial charge on any atom is -0.283 e. The first-order valence-corrected chi connectivity index (χ1v) is 9.24. The monoisotopic (exact) mass is 362 g/mol. The zero-order valence-electron chi connectivity index (χ0n) is 14.5. The summed E-state index contributed by atoms with van der Waals surface area (Å²) in [4.78, 5) is 9.08. The van der Waals surface area contributed by atoms with Gasteiger partial charge in [0, 0.05) is 23.3 Å². The second kappa shape index (κ2) is 6.76. The number of aromatic nitrogens is 5. The second-order valence-electron chi connectivity index (χ2n) is 6.07. The lowest BCUT2D eigenvalue weighted by atomic mass is 10.2. The number of aromatic amines is 1. The molecular weight excluding hydrogens is 344 g/mol. The Morgan fingerprint density at radius 1 is 1.12 bits per heavy atom. The maximum Gasteiger partial charge on any atom is 0.187 e. The maximum atomic E-state index is 8.75. The standard InChI is InChI=1S/C19H18N6S/c1-12-6-8-15(9-7-12)25-17(20)16-13(2)23-24-18(16)22-19(25)26-11-14-5-3-4-10-21-14/h3-10,20H,11H2,1-2H3,(H,23,24). The Bertz CT molecular complexity index is 1110. The molecule has 130 valence electrons. The van der Waals surface area contributed by atoms with Gasteiger partial charge in [0.1, 0.15) is 5.49 Å². The third-order valence-corrected chi connectivity index (χ3v) is 5.12. The quantitative estimate of drug-likeness (QED) is 0.430. The van der Waals surface area contributed by atoms with Gasteiger partial charge in [-0.2, -0.15) is 5.10 Å². The van der Waals surface area contributed by atoms with E-state index < -0.39 is 0 Å². The number of hydrogen-bond donors (Lipinski definition) is 2. The van der Waals surface area contributed by atoms with Crippen LogP contribution in [0.1, 0.15) is 17.0 Å². The fourth-order valence-electron chi connectivity index (χ4n) is 2.78. The average Bonchev–Trinajstić information content (AvgIpc) is 3.03. The second-order valence-corrected chi connectivity index (χ2v) is 7.01. The van der Waals surface area contributed by atoms with Gasteiger partial charge in [-0.05, 0) is 38.1 Å². The molecule has 4 rings (SSSR count). The maximum absolute atomic E-state index is 8.75. The number of nitrogens with one attached hydrogen (secondary N) is 2. The summed E-state index contributed by atoms with van der Waals surface area (Å²) in [6.07, 6.45) is 1.79. The van der Waals surface area contributed by atoms with Crippen LogP contribution >= 0.6 is 11.8 Å². The summed E-state index contributed by atoms with van der Waals surface area (Å²) in [6, 6.07) is 14.0. The summed E-state index contributed by atoms with van der Waals surface area (Å²) in [7, 11) is 0. The van der Waals surface area contributed by atoms with E-state index in [1.54, 1.807) is 18.0 Å². The SMILES string of the molecule is Cc1ccc(-n2c(SCc3ccccn3)nc3n[nH]c(C)c3c2=N)cc1. The molecule has 4 aromatic rings. The lowest BCUT2D eigenvalue weighted by Gasteiger charge is -2.13. The van der Waals surface area contributed by atoms with E-state index in [0.717, 1.165) is 27.6 Å². The van der Waals surface area contributed by atoms with Crippen molar-refractivity contribution in [2.24, 2.45) is 0 Å². The molecule has 0 aliphatic rings. The number of benzene rings is 1. The third-order valence-electron chi connectivity index (χ3n) is 4.15. The zero-order valence-corrected chi connectivity index (χ0v) is 15.3. The van der Waals surface area contributed by atoms with Crippen LogP contribution in [0.4, 0.5) is 0 Å². The van der Waals surface area contributed by atoms with E-state index in [4.69, 9.17) is 10.4 Å². The number of pyridine rings is 1. The summed E-state index contributed by atoms with van der Waals surface area (Å²) < 4.78 is 1.87. The molecule has 0 saturated carbocycles. The average molecular weight is 362 g/mol. The van der Waals surface area contributed by atoms with Crippen LogP contribution < -0.4 is 5.49 Å². The number of rotatable bonds is 4. The van der Waals surface area contributed by atoms with Crippen LogP contribution in [0.2, 0.25) is 0 Å². The van der Waals surface area contributed by atoms with Crippen molar-refractivity contribution < 1.29 is 0 Å². The van der Waals surface area contributed by atoms with Gasteiger partial charge in [0.05, 0.1) is 11.1 Å². The summed E-state index contributed by atoms with van der Waals surface area (Å²) in [5.74, 6) is 0.675. The van der Waals surface area contributed by atoms with Gasteiger partial charge in [0.25, 0.3) is 0 Å². The molecule has 0 aliphatic carbocycles. The molecule has 3 heterocycles. The number of thioether (sulfide) groups is 1. The van der Waals surface area contributed by atoms with Crippen molar-refractivity contribution >= 4 is 22.8 Å². The minimum atomic E-state index is 0.383. The highest BCUT2D eigenvalue weighted by atomic mass is 32.2. The molecule has 0 bridgehead atoms. The summed E-state index contributed by atoms with van der Waals surface area (Å²) in [5, 5.41) is 17.4. The van der Waals surface area contributed by atoms with Gasteiger partial charge in [-0.15, -0.1) is 0 Å². The molecule has 3 aromatic heterocycles. The first-order valence-electron chi connectivity index (χ1n) is 8.25. The molecule has 0 unspecified atom stereocenters. The predicted octanol–water partition coefficient (Wildman–Crippen LogP) is 3.53. The van der Waals surface area contributed by atoms with Crippen LogP contribution in [0.25, 0.3) is 16.7 Å². The number of nitrogens with zero attached hydrogens (tertiary/aromatic N) is 4. The zero-order chi connectivity index (χ0) is 18.1. The van der Waals surface area contributed by atoms with Crippen LogP contribution in [0.15, 0.2) is 53.8 Å². The largest absolute Gasteiger partial charge is 0.283 e. The Kier molecular flexibility index (Phi) is 4.30. The lowest BCUT2D eigenvalue weighted by Crippen LogP contribution is -2.22. The van der Waals surface area contributed by atoms with Gasteiger partial charge in [0.15, 0.2) is 10.8 Å². The molecule has 0 spiro atoms. The van der Waals surface area contributed by atoms with E-state index in [9.17, 15) is 0 Å². The van der Waals surface area contributed by atoms with Crippen molar-refractivity contribution in [3.8, 4) is 5.69 Å². The Balaban J connectivity index is 1.85. The highest BCUT2D eigenvalue weighted by molar-refractivity contribution is 7.98. The smallest absolute Gasteiger partial charge is 0.187 e. The highest BCUT2D eigenvalue weighted by Crippen LogP contribution is 2.24. The fraction of sp³-hybridized carbons (Fsp3) is 0.158. The van der Waals surface area contributed by atoms with E-state index in [-0.39, 0.29) is 0 Å². The molecule has 7 heteroatoms. The van der Waals surface area contributed by atoms with Gasteiger partial charge in [0.2, 0.25) is 0 Å². The van der Waals surface area contributed by atoms with Crippen molar-refractivity contribution in [3.05, 3.63) is 71.1 Å². The van der Waals surface area contributed by atoms with Crippen LogP contribution in [-0.4, -0.2) is 24.7 Å². The van der Waals surface area contributed by atoms with Crippen LogP contribution in [0.5, 0.6) is 0 Å². The van der Waals surface area contributed by atoms with E-state index in [1.165, 1.54) is 5.56 Å². The Morgan fingerprint density at radius 2 is 1.92 bits per heavy atom. The van der Waals surface area contributed by atoms with Gasteiger partial charge in [-0.25, -0.2) is 4.98 Å². The van der Waals surface area contributed by atoms with Crippen molar-refractivity contribution in [1.29, 1.82) is 5.41 Å². The number of hydrogen-bond acceptors (Lipinski definition) is 5. The molecule has 0 radical (unpaired) electrons. The minimum absolute atomic E-state index is 0.383. The molecule has 0 fully saturated rings. The molecule has 0 atom stereocenters. The van der Waals surface area contributed by atoms with Crippen molar-refractivity contribution in [2.45, 2.75) is 24.8 Å². The van der Waals surface area contributed by atoms with Gasteiger partial charge >= 0.3 is 0 Å². The van der Waals surface area contributed by atoms with E-state index in [0.29, 0.717) is 16.9 Å². The van der Waals surface area contributed by atoms with Crippen molar-refractivity contribution in [1.82, 2.24) is 24.7 Å². The van der Waals surface area contributed by atoms with Gasteiger partial charge in [-0.3, -0.25) is 20.1 Å². The van der Waals surface area contributed by atoms with Gasteiger partial charge in [-0.1, -0.05) is 35.5 Å². The molecule has 1 aromatic carbocycles. The third kappa shape index (κ3) is 3.01. The van der Waals surface area contributed by atoms with E-state index >= 15 is 0 Å². The van der Waals surface area contributed by atoms with Gasteiger partial charge < -0.3 is 0 Å². The number of aryl methyl sites for hydroxylation is 2. The number of fused-ring (bicyclic) bond motifs is 1. The molecule has 26 heavy (non-hydrogen) atoms. The number of H-pyrrole nitrogens is 1. The normalized spacial score (nSPS) is 11.2. The molecule has 6 nitrogen and oxygen atoms in total. The Morgan fingerprint density at radius 3 is 2.65 bits per heavy atom. The van der Waals surface area contributed by atoms with Crippen molar-refractivity contribution in [2.75, 3.05) is 0 Å². The summed E-state index contributed by atoms with van der Waals surface area (Å²) in [5.41, 5.74) is 4.86. The van der Waals surface area contributed by atoms with E-state index in [1.807, 2.05) is 54.0 Å². The summed E-state index contributed by atoms with van der Waals surface area (Å²) in [6.45, 7) is 3.96. The van der Waals surface area contributed by atoms with Crippen LogP contribution in [0.3, 0.4) is 0 Å². The highest BCUT2D eigenvalue weighted by Gasteiger charge is 2.15. The molecule has 2 N–H and O–H groups in total. The van der Waals surface area contributed by atoms with Crippen LogP contribution in [-0.2, 0) is 5.75 Å². The van der Waals surface area contributed by atoms with Crippen molar-refractivity contribution in [3.63, 3.8) is 0 Å². The molecule has 0 aliphatic heterocycles. The molecule has 0 amide bonds. The predicted molar refractivity (Wildman–Crippen MR) is 102 cm³/mol. The fourth-order valence-corrected chi connectivity index (χ4v) is 3.71. The Labute approximate surface area is 154 Å². The first-order chi connectivity index (χ1) is 12.6. The first kappa shape index (κ1) is 16.5. The summed E-state index contributed by atoms with van der Waals surface area (Å²) >= 11 is 1.55. The van der Waals surface area contributed by atoms with E-state index in [2.05, 4.69) is 22.1 Å². The van der Waals surface area contributed by atoms with Crippen LogP contribution in [0, 0.1) is 19.3 Å². The lowest BCUT2D eigenvalue weighted by molar-refractivity contribution is 0.786. The molecular formula is C19H18N6S. The topological polar surface area (TPSA) is 83.2 Å².